The fraction of sp³-hybridized carbons (Fsp3) is 0.400. The number of nitrogens with one attached hydrogen (secondary N) is 1. The summed E-state index contributed by atoms with van der Waals surface area (Å²) in [6, 6.07) is 3.34. The number of aromatic nitrogens is 3. The first kappa shape index (κ1) is 14.6. The van der Waals surface area contributed by atoms with Crippen LogP contribution in [0.3, 0.4) is 0 Å². The highest BCUT2D eigenvalue weighted by Gasteiger charge is 2.16. The van der Waals surface area contributed by atoms with Crippen molar-refractivity contribution in [1.29, 1.82) is 0 Å². The zero-order valence-corrected chi connectivity index (χ0v) is 12.4. The van der Waals surface area contributed by atoms with Crippen molar-refractivity contribution < 1.29 is 9.13 Å². The second-order valence-electron chi connectivity index (χ2n) is 5.10. The largest absolute Gasteiger partial charge is 0.468 e. The molecule has 7 heteroatoms. The van der Waals surface area contributed by atoms with Crippen LogP contribution < -0.4 is 15.0 Å². The van der Waals surface area contributed by atoms with Crippen molar-refractivity contribution in [2.24, 2.45) is 0 Å². The Balaban J connectivity index is 1.73. The highest BCUT2D eigenvalue weighted by molar-refractivity contribution is 5.38. The van der Waals surface area contributed by atoms with E-state index in [1.807, 2.05) is 0 Å². The Morgan fingerprint density at radius 2 is 2.14 bits per heavy atom. The van der Waals surface area contributed by atoms with Gasteiger partial charge in [-0.2, -0.15) is 9.37 Å². The quantitative estimate of drug-likeness (QED) is 0.865. The van der Waals surface area contributed by atoms with E-state index in [9.17, 15) is 4.39 Å². The maximum Gasteiger partial charge on any atom is 0.234 e. The van der Waals surface area contributed by atoms with E-state index in [0.717, 1.165) is 32.0 Å². The Bertz CT molecular complexity index is 633. The third-order valence-electron chi connectivity index (χ3n) is 3.56. The molecule has 116 valence electrons. The number of hydrogen-bond donors (Lipinski definition) is 1. The first-order valence-corrected chi connectivity index (χ1v) is 7.29. The Morgan fingerprint density at radius 1 is 1.32 bits per heavy atom. The predicted octanol–water partition coefficient (Wildman–Crippen LogP) is 1.56. The smallest absolute Gasteiger partial charge is 0.234 e. The van der Waals surface area contributed by atoms with Crippen LogP contribution in [0.25, 0.3) is 0 Å². The van der Waals surface area contributed by atoms with E-state index in [1.165, 1.54) is 12.4 Å². The molecule has 0 amide bonds. The van der Waals surface area contributed by atoms with E-state index >= 15 is 0 Å². The first-order chi connectivity index (χ1) is 10.7. The second-order valence-corrected chi connectivity index (χ2v) is 5.10. The van der Waals surface area contributed by atoms with Crippen LogP contribution in [-0.2, 0) is 0 Å². The molecule has 0 bridgehead atoms. The highest BCUT2D eigenvalue weighted by Crippen LogP contribution is 2.22. The minimum Gasteiger partial charge on any atom is -0.468 e. The van der Waals surface area contributed by atoms with Gasteiger partial charge in [-0.3, -0.25) is 4.98 Å². The molecule has 3 heterocycles. The lowest BCUT2D eigenvalue weighted by Gasteiger charge is -2.28. The Hall–Kier alpha value is -2.28. The fourth-order valence-corrected chi connectivity index (χ4v) is 2.39. The molecule has 3 rings (SSSR count). The number of piperazine rings is 1. The maximum atomic E-state index is 13.7. The molecule has 1 aliphatic heterocycles. The third kappa shape index (κ3) is 3.30. The third-order valence-corrected chi connectivity index (χ3v) is 3.56. The van der Waals surface area contributed by atoms with Crippen molar-refractivity contribution in [3.05, 3.63) is 42.2 Å². The maximum absolute atomic E-state index is 13.7. The van der Waals surface area contributed by atoms with Crippen molar-refractivity contribution in [2.75, 3.05) is 31.1 Å². The van der Waals surface area contributed by atoms with Crippen LogP contribution in [0.15, 0.2) is 30.7 Å². The van der Waals surface area contributed by atoms with E-state index < -0.39 is 12.1 Å². The van der Waals surface area contributed by atoms with Crippen LogP contribution in [0.1, 0.15) is 18.6 Å². The summed E-state index contributed by atoms with van der Waals surface area (Å²) in [4.78, 5) is 14.4. The summed E-state index contributed by atoms with van der Waals surface area (Å²) in [5, 5.41) is 3.29. The molecule has 1 N–H and O–H groups in total. The van der Waals surface area contributed by atoms with Gasteiger partial charge in [-0.1, -0.05) is 0 Å². The zero-order chi connectivity index (χ0) is 15.4. The lowest BCUT2D eigenvalue weighted by Crippen LogP contribution is -2.43. The SMILES string of the molecule is CC(Oc1cncc(N2CCNCC2)n1)c1cccnc1F. The number of nitrogens with zero attached hydrogens (tertiary/aromatic N) is 4. The van der Waals surface area contributed by atoms with Gasteiger partial charge in [0.2, 0.25) is 11.8 Å². The molecule has 2 aromatic heterocycles. The molecule has 6 nitrogen and oxygen atoms in total. The molecule has 0 aromatic carbocycles. The number of pyridine rings is 1. The van der Waals surface area contributed by atoms with Crippen LogP contribution in [0.5, 0.6) is 5.88 Å². The van der Waals surface area contributed by atoms with Crippen LogP contribution in [0, 0.1) is 5.95 Å². The molecule has 1 atom stereocenters. The Kier molecular flexibility index (Phi) is 4.43. The van der Waals surface area contributed by atoms with Crippen molar-refractivity contribution in [2.45, 2.75) is 13.0 Å². The molecule has 0 spiro atoms. The lowest BCUT2D eigenvalue weighted by molar-refractivity contribution is 0.210. The van der Waals surface area contributed by atoms with Gasteiger partial charge >= 0.3 is 0 Å². The molecular formula is C15H18FN5O. The second kappa shape index (κ2) is 6.65. The van der Waals surface area contributed by atoms with Crippen molar-refractivity contribution in [1.82, 2.24) is 20.3 Å². The van der Waals surface area contributed by atoms with Gasteiger partial charge in [-0.25, -0.2) is 4.98 Å². The van der Waals surface area contributed by atoms with Crippen molar-refractivity contribution in [3.8, 4) is 5.88 Å². The van der Waals surface area contributed by atoms with Crippen molar-refractivity contribution >= 4 is 5.82 Å². The topological polar surface area (TPSA) is 63.2 Å². The van der Waals surface area contributed by atoms with E-state index in [0.29, 0.717) is 11.4 Å². The first-order valence-electron chi connectivity index (χ1n) is 7.29. The van der Waals surface area contributed by atoms with Crippen LogP contribution in [-0.4, -0.2) is 41.1 Å². The van der Waals surface area contributed by atoms with Gasteiger partial charge < -0.3 is 15.0 Å². The van der Waals surface area contributed by atoms with Crippen LogP contribution in [0.4, 0.5) is 10.2 Å². The average Bonchev–Trinajstić information content (AvgIpc) is 2.56. The van der Waals surface area contributed by atoms with E-state index in [4.69, 9.17) is 4.74 Å². The van der Waals surface area contributed by atoms with Gasteiger partial charge in [0.1, 0.15) is 6.10 Å². The van der Waals surface area contributed by atoms with Crippen molar-refractivity contribution in [3.63, 3.8) is 0 Å². The lowest BCUT2D eigenvalue weighted by atomic mass is 10.2. The summed E-state index contributed by atoms with van der Waals surface area (Å²) in [6.07, 6.45) is 4.18. The van der Waals surface area contributed by atoms with E-state index in [-0.39, 0.29) is 0 Å². The van der Waals surface area contributed by atoms with Gasteiger partial charge in [0.15, 0.2) is 5.82 Å². The standard InChI is InChI=1S/C15H18FN5O/c1-11(12-3-2-4-19-15(12)16)22-14-10-18-9-13(20-14)21-7-5-17-6-8-21/h2-4,9-11,17H,5-8H2,1H3. The molecule has 1 saturated heterocycles. The minimum absolute atomic E-state index is 0.381. The van der Waals surface area contributed by atoms with E-state index in [1.54, 1.807) is 25.3 Å². The molecule has 0 saturated carbocycles. The Labute approximate surface area is 128 Å². The number of halogens is 1. The molecule has 2 aromatic rings. The summed E-state index contributed by atoms with van der Waals surface area (Å²) in [5.74, 6) is 0.630. The summed E-state index contributed by atoms with van der Waals surface area (Å²) in [7, 11) is 0. The zero-order valence-electron chi connectivity index (χ0n) is 12.4. The van der Waals surface area contributed by atoms with Gasteiger partial charge in [0.05, 0.1) is 12.4 Å². The summed E-state index contributed by atoms with van der Waals surface area (Å²) >= 11 is 0. The van der Waals surface area contributed by atoms with Gasteiger partial charge in [-0.15, -0.1) is 0 Å². The summed E-state index contributed by atoms with van der Waals surface area (Å²) in [6.45, 7) is 5.36. The molecule has 1 fully saturated rings. The molecule has 0 radical (unpaired) electrons. The summed E-state index contributed by atoms with van der Waals surface area (Å²) < 4.78 is 19.4. The van der Waals surface area contributed by atoms with E-state index in [2.05, 4.69) is 25.2 Å². The van der Waals surface area contributed by atoms with Gasteiger partial charge in [-0.05, 0) is 19.1 Å². The number of anilines is 1. The van der Waals surface area contributed by atoms with Crippen LogP contribution >= 0.6 is 0 Å². The molecule has 22 heavy (non-hydrogen) atoms. The minimum atomic E-state index is -0.527. The average molecular weight is 303 g/mol. The number of rotatable bonds is 4. The molecule has 0 aliphatic carbocycles. The normalized spacial score (nSPS) is 16.4. The van der Waals surface area contributed by atoms with Gasteiger partial charge in [0.25, 0.3) is 0 Å². The number of hydrogen-bond acceptors (Lipinski definition) is 6. The monoisotopic (exact) mass is 303 g/mol. The molecule has 1 unspecified atom stereocenters. The molecular weight excluding hydrogens is 285 g/mol. The number of ether oxygens (including phenoxy) is 1. The summed E-state index contributed by atoms with van der Waals surface area (Å²) in [5.41, 5.74) is 0.400. The predicted molar refractivity (Wildman–Crippen MR) is 80.4 cm³/mol. The van der Waals surface area contributed by atoms with Crippen LogP contribution in [0.2, 0.25) is 0 Å². The highest BCUT2D eigenvalue weighted by atomic mass is 19.1. The van der Waals surface area contributed by atoms with Gasteiger partial charge in [0, 0.05) is 37.9 Å². The Morgan fingerprint density at radius 3 is 2.91 bits per heavy atom. The fourth-order valence-electron chi connectivity index (χ4n) is 2.39. The molecule has 1 aliphatic rings.